The second kappa shape index (κ2) is 7.96. The van der Waals surface area contributed by atoms with Crippen LogP contribution in [0.15, 0.2) is 47.4 Å². The van der Waals surface area contributed by atoms with Gasteiger partial charge in [-0.15, -0.1) is 11.8 Å². The Labute approximate surface area is 162 Å². The molecule has 0 bridgehead atoms. The number of hydrogen-bond donors (Lipinski definition) is 1. The smallest absolute Gasteiger partial charge is 0.308 e. The first kappa shape index (κ1) is 19.2. The Kier molecular flexibility index (Phi) is 5.65. The van der Waals surface area contributed by atoms with Gasteiger partial charge in [-0.25, -0.2) is 0 Å². The second-order valence-corrected chi connectivity index (χ2v) is 7.84. The van der Waals surface area contributed by atoms with Gasteiger partial charge >= 0.3 is 5.97 Å². The molecule has 0 saturated carbocycles. The van der Waals surface area contributed by atoms with E-state index < -0.39 is 17.3 Å². The number of anilines is 1. The Morgan fingerprint density at radius 2 is 1.89 bits per heavy atom. The molecule has 0 radical (unpaired) electrons. The zero-order valence-electron chi connectivity index (χ0n) is 15.4. The predicted molar refractivity (Wildman–Crippen MR) is 105 cm³/mol. The molecule has 0 saturated heterocycles. The number of esters is 1. The van der Waals surface area contributed by atoms with Crippen LogP contribution < -0.4 is 5.32 Å². The Bertz CT molecular complexity index is 909. The molecule has 0 aliphatic carbocycles. The number of aryl methyl sites for hydroxylation is 2. The average Bonchev–Trinajstić information content (AvgIpc) is 2.64. The van der Waals surface area contributed by atoms with E-state index in [2.05, 4.69) is 5.32 Å². The van der Waals surface area contributed by atoms with E-state index in [0.29, 0.717) is 5.56 Å². The number of ketones is 1. The summed E-state index contributed by atoms with van der Waals surface area (Å²) in [5.41, 5.74) is 3.36. The summed E-state index contributed by atoms with van der Waals surface area (Å²) in [4.78, 5) is 37.9. The Balaban J connectivity index is 1.61. The minimum atomic E-state index is -0.899. The number of ether oxygens (including phenoxy) is 1. The topological polar surface area (TPSA) is 72.5 Å². The molecule has 0 unspecified atom stereocenters. The van der Waals surface area contributed by atoms with Crippen molar-refractivity contribution in [1.29, 1.82) is 0 Å². The molecule has 1 aliphatic rings. The van der Waals surface area contributed by atoms with Crippen LogP contribution in [-0.4, -0.2) is 29.0 Å². The highest BCUT2D eigenvalue weighted by atomic mass is 32.2. The van der Waals surface area contributed by atoms with Crippen LogP contribution in [0.2, 0.25) is 0 Å². The summed E-state index contributed by atoms with van der Waals surface area (Å²) in [6.07, 6.45) is -0.987. The third-order valence-electron chi connectivity index (χ3n) is 4.53. The summed E-state index contributed by atoms with van der Waals surface area (Å²) in [6, 6.07) is 12.8. The number of para-hydroxylation sites is 1. The lowest BCUT2D eigenvalue weighted by atomic mass is 10.0. The van der Waals surface area contributed by atoms with E-state index in [-0.39, 0.29) is 18.1 Å². The molecule has 27 heavy (non-hydrogen) atoms. The van der Waals surface area contributed by atoms with E-state index >= 15 is 0 Å². The SMILES string of the molecule is Cc1ccc(C(=O)[C@@H](C)OC(=O)C[C@H]2Sc3ccccc3NC2=O)cc1C. The summed E-state index contributed by atoms with van der Waals surface area (Å²) in [7, 11) is 0. The van der Waals surface area contributed by atoms with Crippen LogP contribution in [0.5, 0.6) is 0 Å². The van der Waals surface area contributed by atoms with E-state index in [1.807, 2.05) is 44.2 Å². The fourth-order valence-corrected chi connectivity index (χ4v) is 3.90. The molecule has 6 heteroatoms. The molecule has 5 nitrogen and oxygen atoms in total. The maximum Gasteiger partial charge on any atom is 0.308 e. The van der Waals surface area contributed by atoms with Crippen molar-refractivity contribution in [2.45, 2.75) is 43.4 Å². The zero-order chi connectivity index (χ0) is 19.6. The van der Waals surface area contributed by atoms with E-state index in [4.69, 9.17) is 4.74 Å². The van der Waals surface area contributed by atoms with Crippen molar-refractivity contribution in [3.05, 3.63) is 59.2 Å². The van der Waals surface area contributed by atoms with Gasteiger partial charge in [0.25, 0.3) is 0 Å². The van der Waals surface area contributed by atoms with Crippen LogP contribution >= 0.6 is 11.8 Å². The molecule has 0 aromatic heterocycles. The van der Waals surface area contributed by atoms with Crippen LogP contribution in [0.3, 0.4) is 0 Å². The van der Waals surface area contributed by atoms with Crippen molar-refractivity contribution in [3.8, 4) is 0 Å². The van der Waals surface area contributed by atoms with Crippen molar-refractivity contribution >= 4 is 35.1 Å². The number of rotatable bonds is 5. The second-order valence-electron chi connectivity index (χ2n) is 6.59. The van der Waals surface area contributed by atoms with E-state index in [0.717, 1.165) is 21.7 Å². The fraction of sp³-hybridized carbons (Fsp3) is 0.286. The molecule has 1 N–H and O–H groups in total. The summed E-state index contributed by atoms with van der Waals surface area (Å²) < 4.78 is 5.29. The standard InChI is InChI=1S/C21H21NO4S/c1-12-8-9-15(10-13(12)2)20(24)14(3)26-19(23)11-18-21(25)22-16-6-4-5-7-17(16)27-18/h4-10,14,18H,11H2,1-3H3,(H,22,25)/t14-,18-/m1/s1. The van der Waals surface area contributed by atoms with Gasteiger partial charge in [-0.2, -0.15) is 0 Å². The van der Waals surface area contributed by atoms with Crippen LogP contribution in [-0.2, 0) is 14.3 Å². The first-order valence-corrected chi connectivity index (χ1v) is 9.60. The lowest BCUT2D eigenvalue weighted by molar-refractivity contribution is -0.147. The number of thioether (sulfide) groups is 1. The van der Waals surface area contributed by atoms with Gasteiger partial charge in [0.05, 0.1) is 17.4 Å². The van der Waals surface area contributed by atoms with E-state index in [1.54, 1.807) is 19.1 Å². The maximum absolute atomic E-state index is 12.5. The van der Waals surface area contributed by atoms with Crippen LogP contribution in [0.25, 0.3) is 0 Å². The van der Waals surface area contributed by atoms with Gasteiger partial charge in [-0.05, 0) is 50.1 Å². The monoisotopic (exact) mass is 383 g/mol. The molecule has 1 heterocycles. The van der Waals surface area contributed by atoms with Crippen molar-refractivity contribution in [2.75, 3.05) is 5.32 Å². The van der Waals surface area contributed by atoms with E-state index in [1.165, 1.54) is 11.8 Å². The molecule has 3 rings (SSSR count). The number of hydrogen-bond acceptors (Lipinski definition) is 5. The summed E-state index contributed by atoms with van der Waals surface area (Å²) in [5, 5.41) is 2.22. The number of Topliss-reactive ketones (excluding diaryl/α,β-unsaturated/α-hetero) is 1. The Hall–Kier alpha value is -2.60. The number of amides is 1. The van der Waals surface area contributed by atoms with Gasteiger partial charge in [0.2, 0.25) is 11.7 Å². The highest BCUT2D eigenvalue weighted by Crippen LogP contribution is 2.36. The van der Waals surface area contributed by atoms with Gasteiger partial charge in [0.15, 0.2) is 6.10 Å². The van der Waals surface area contributed by atoms with Crippen molar-refractivity contribution in [2.24, 2.45) is 0 Å². The summed E-state index contributed by atoms with van der Waals surface area (Å²) in [6.45, 7) is 5.45. The number of carbonyl (C=O) groups excluding carboxylic acids is 3. The summed E-state index contributed by atoms with van der Waals surface area (Å²) in [5.74, 6) is -1.05. The minimum Gasteiger partial charge on any atom is -0.454 e. The molecule has 140 valence electrons. The number of carbonyl (C=O) groups is 3. The maximum atomic E-state index is 12.5. The van der Waals surface area contributed by atoms with Crippen LogP contribution in [0, 0.1) is 13.8 Å². The normalized spacial score (nSPS) is 16.9. The first-order valence-electron chi connectivity index (χ1n) is 8.72. The molecular formula is C21H21NO4S. The van der Waals surface area contributed by atoms with Gasteiger partial charge < -0.3 is 10.1 Å². The molecule has 2 aromatic rings. The zero-order valence-corrected chi connectivity index (χ0v) is 16.3. The third kappa shape index (κ3) is 4.39. The number of nitrogens with one attached hydrogen (secondary N) is 1. The molecule has 0 fully saturated rings. The van der Waals surface area contributed by atoms with Crippen molar-refractivity contribution < 1.29 is 19.1 Å². The van der Waals surface area contributed by atoms with Crippen LogP contribution in [0.1, 0.15) is 34.8 Å². The highest BCUT2D eigenvalue weighted by molar-refractivity contribution is 8.01. The molecule has 2 aromatic carbocycles. The fourth-order valence-electron chi connectivity index (χ4n) is 2.81. The number of fused-ring (bicyclic) bond motifs is 1. The number of benzene rings is 2. The molecule has 1 aliphatic heterocycles. The first-order chi connectivity index (χ1) is 12.8. The largest absolute Gasteiger partial charge is 0.454 e. The minimum absolute atomic E-state index is 0.0879. The van der Waals surface area contributed by atoms with Gasteiger partial charge in [0.1, 0.15) is 0 Å². The molecule has 2 atom stereocenters. The van der Waals surface area contributed by atoms with Crippen molar-refractivity contribution in [1.82, 2.24) is 0 Å². The molecular weight excluding hydrogens is 362 g/mol. The highest BCUT2D eigenvalue weighted by Gasteiger charge is 2.30. The van der Waals surface area contributed by atoms with Gasteiger partial charge in [0, 0.05) is 10.5 Å². The van der Waals surface area contributed by atoms with Gasteiger partial charge in [-0.1, -0.05) is 24.3 Å². The van der Waals surface area contributed by atoms with E-state index in [9.17, 15) is 14.4 Å². The summed E-state index contributed by atoms with van der Waals surface area (Å²) >= 11 is 1.33. The third-order valence-corrected chi connectivity index (χ3v) is 5.80. The van der Waals surface area contributed by atoms with Crippen LogP contribution in [0.4, 0.5) is 5.69 Å². The predicted octanol–water partition coefficient (Wildman–Crippen LogP) is 3.92. The lowest BCUT2D eigenvalue weighted by Crippen LogP contribution is -2.33. The Morgan fingerprint density at radius 3 is 2.63 bits per heavy atom. The average molecular weight is 383 g/mol. The molecule has 1 amide bonds. The Morgan fingerprint density at radius 1 is 1.15 bits per heavy atom. The lowest BCUT2D eigenvalue weighted by Gasteiger charge is -2.23. The molecule has 0 spiro atoms. The van der Waals surface area contributed by atoms with Crippen molar-refractivity contribution in [3.63, 3.8) is 0 Å². The quantitative estimate of drug-likeness (QED) is 0.626. The van der Waals surface area contributed by atoms with Gasteiger partial charge in [-0.3, -0.25) is 14.4 Å².